The van der Waals surface area contributed by atoms with Crippen molar-refractivity contribution >= 4 is 17.4 Å². The van der Waals surface area contributed by atoms with Crippen LogP contribution in [0.25, 0.3) is 28.0 Å². The van der Waals surface area contributed by atoms with Gasteiger partial charge >= 0.3 is 0 Å². The molecule has 0 aliphatic carbocycles. The van der Waals surface area contributed by atoms with Crippen molar-refractivity contribution in [2.45, 2.75) is 32.7 Å². The molecule has 9 nitrogen and oxygen atoms in total. The Bertz CT molecular complexity index is 1460. The van der Waals surface area contributed by atoms with Gasteiger partial charge in [-0.25, -0.2) is 4.98 Å². The van der Waals surface area contributed by atoms with Crippen LogP contribution >= 0.6 is 0 Å². The van der Waals surface area contributed by atoms with Crippen molar-refractivity contribution < 1.29 is 4.79 Å². The molecule has 1 aromatic carbocycles. The van der Waals surface area contributed by atoms with Crippen LogP contribution in [-0.4, -0.2) is 54.6 Å². The number of fused-ring (bicyclic) bond motifs is 1. The number of piperidine rings is 1. The molecule has 0 atom stereocenters. The molecule has 0 saturated carbocycles. The molecule has 4 N–H and O–H groups in total. The largest absolute Gasteiger partial charge is 0.384 e. The Morgan fingerprint density at radius 2 is 1.78 bits per heavy atom. The van der Waals surface area contributed by atoms with E-state index in [2.05, 4.69) is 20.8 Å². The highest BCUT2D eigenvalue weighted by atomic mass is 16.2. The van der Waals surface area contributed by atoms with Gasteiger partial charge in [0.15, 0.2) is 5.65 Å². The van der Waals surface area contributed by atoms with Gasteiger partial charge in [0.05, 0.1) is 18.4 Å². The quantitative estimate of drug-likeness (QED) is 0.444. The van der Waals surface area contributed by atoms with Gasteiger partial charge in [-0.05, 0) is 44.4 Å². The first-order chi connectivity index (χ1) is 17.9. The number of aromatic nitrogens is 5. The number of carbonyl (C=O) groups excluding carboxylic acids is 1. The molecule has 1 aliphatic heterocycles. The van der Waals surface area contributed by atoms with E-state index in [0.29, 0.717) is 24.6 Å². The Balaban J connectivity index is 1.57. The zero-order valence-electron chi connectivity index (χ0n) is 21.2. The van der Waals surface area contributed by atoms with Crippen molar-refractivity contribution in [3.63, 3.8) is 0 Å². The molecule has 1 aliphatic rings. The summed E-state index contributed by atoms with van der Waals surface area (Å²) in [5, 5.41) is 4.57. The smallest absolute Gasteiger partial charge is 0.236 e. The molecule has 0 bridgehead atoms. The van der Waals surface area contributed by atoms with Gasteiger partial charge in [-0.2, -0.15) is 9.61 Å². The van der Waals surface area contributed by atoms with Crippen LogP contribution in [0.15, 0.2) is 67.1 Å². The highest BCUT2D eigenvalue weighted by Gasteiger charge is 2.23. The van der Waals surface area contributed by atoms with Crippen LogP contribution in [0.3, 0.4) is 0 Å². The fourth-order valence-corrected chi connectivity index (χ4v) is 4.92. The zero-order valence-corrected chi connectivity index (χ0v) is 21.2. The number of likely N-dealkylation sites (tertiary alicyclic amines) is 1. The number of hydrogen-bond donors (Lipinski definition) is 2. The number of nitrogens with two attached hydrogens (primary N) is 2. The van der Waals surface area contributed by atoms with E-state index in [1.54, 1.807) is 10.7 Å². The number of benzene rings is 1. The van der Waals surface area contributed by atoms with E-state index < -0.39 is 0 Å². The molecule has 0 spiro atoms. The van der Waals surface area contributed by atoms with E-state index in [-0.39, 0.29) is 18.5 Å². The first-order valence-corrected chi connectivity index (χ1v) is 12.5. The molecule has 1 saturated heterocycles. The van der Waals surface area contributed by atoms with E-state index in [0.717, 1.165) is 46.6 Å². The van der Waals surface area contributed by atoms with E-state index in [4.69, 9.17) is 16.5 Å². The minimum Gasteiger partial charge on any atom is -0.384 e. The van der Waals surface area contributed by atoms with Crippen molar-refractivity contribution in [1.82, 2.24) is 29.0 Å². The summed E-state index contributed by atoms with van der Waals surface area (Å²) in [6.45, 7) is 5.42. The maximum Gasteiger partial charge on any atom is 0.236 e. The third kappa shape index (κ3) is 5.03. The predicted molar refractivity (Wildman–Crippen MR) is 145 cm³/mol. The third-order valence-corrected chi connectivity index (χ3v) is 6.88. The monoisotopic (exact) mass is 496 g/mol. The second-order valence-corrected chi connectivity index (χ2v) is 9.42. The first kappa shape index (κ1) is 24.5. The van der Waals surface area contributed by atoms with E-state index in [9.17, 15) is 4.79 Å². The molecule has 0 radical (unpaired) electrons. The second-order valence-electron chi connectivity index (χ2n) is 9.42. The summed E-state index contributed by atoms with van der Waals surface area (Å²) < 4.78 is 3.87. The molecule has 4 aromatic rings. The molecule has 1 fully saturated rings. The molecule has 190 valence electrons. The van der Waals surface area contributed by atoms with Crippen LogP contribution in [0.4, 0.5) is 5.82 Å². The van der Waals surface area contributed by atoms with Crippen molar-refractivity contribution in [3.8, 4) is 22.4 Å². The van der Waals surface area contributed by atoms with Crippen LogP contribution in [0, 0.1) is 13.8 Å². The number of nitrogens with zero attached hydrogens (tertiary/aromatic N) is 6. The molecular weight excluding hydrogens is 464 g/mol. The Kier molecular flexibility index (Phi) is 6.87. The molecule has 3 aromatic heterocycles. The van der Waals surface area contributed by atoms with Gasteiger partial charge in [0, 0.05) is 48.2 Å². The van der Waals surface area contributed by atoms with E-state index in [1.165, 1.54) is 0 Å². The number of carbonyl (C=O) groups is 1. The van der Waals surface area contributed by atoms with Crippen molar-refractivity contribution in [1.29, 1.82) is 0 Å². The third-order valence-electron chi connectivity index (χ3n) is 6.88. The summed E-state index contributed by atoms with van der Waals surface area (Å²) >= 11 is 0. The number of anilines is 1. The molecule has 0 unspecified atom stereocenters. The maximum atomic E-state index is 12.0. The second kappa shape index (κ2) is 10.4. The molecule has 37 heavy (non-hydrogen) atoms. The first-order valence-electron chi connectivity index (χ1n) is 12.5. The fourth-order valence-electron chi connectivity index (χ4n) is 4.92. The number of amides is 1. The SMILES string of the molecule is Cc1cc(N)n2ncc(-c3ccc(-c4ccccc4)nc3)c2nc(C)n(C2CCN(C(=O)CN)CC2)c1. The molecular formula is C28H32N8O. The van der Waals surface area contributed by atoms with Gasteiger partial charge < -0.3 is 20.9 Å². The number of aryl methyl sites for hydroxylation is 2. The van der Waals surface area contributed by atoms with Crippen LogP contribution in [0.1, 0.15) is 30.3 Å². The lowest BCUT2D eigenvalue weighted by atomic mass is 10.0. The number of pyridine rings is 1. The van der Waals surface area contributed by atoms with Crippen LogP contribution in [-0.2, 0) is 4.79 Å². The number of rotatable bonds is 4. The van der Waals surface area contributed by atoms with Gasteiger partial charge in [-0.15, -0.1) is 0 Å². The highest BCUT2D eigenvalue weighted by Crippen LogP contribution is 2.27. The van der Waals surface area contributed by atoms with Gasteiger partial charge in [0.2, 0.25) is 5.91 Å². The van der Waals surface area contributed by atoms with Crippen molar-refractivity contribution in [2.24, 2.45) is 5.73 Å². The van der Waals surface area contributed by atoms with Gasteiger partial charge in [0.25, 0.3) is 0 Å². The summed E-state index contributed by atoms with van der Waals surface area (Å²) in [7, 11) is 0. The Morgan fingerprint density at radius 1 is 1.03 bits per heavy atom. The normalized spacial score (nSPS) is 14.1. The zero-order chi connectivity index (χ0) is 25.9. The summed E-state index contributed by atoms with van der Waals surface area (Å²) in [6, 6.07) is 16.2. The molecule has 9 heteroatoms. The summed E-state index contributed by atoms with van der Waals surface area (Å²) in [5.41, 5.74) is 17.4. The summed E-state index contributed by atoms with van der Waals surface area (Å²) in [5.74, 6) is 1.32. The Labute approximate surface area is 216 Å². The van der Waals surface area contributed by atoms with Gasteiger partial charge in [0.1, 0.15) is 11.6 Å². The Morgan fingerprint density at radius 3 is 2.46 bits per heavy atom. The highest BCUT2D eigenvalue weighted by molar-refractivity contribution is 5.78. The lowest BCUT2D eigenvalue weighted by Gasteiger charge is -2.33. The maximum absolute atomic E-state index is 12.0. The average Bonchev–Trinajstić information content (AvgIpc) is 3.36. The lowest BCUT2D eigenvalue weighted by molar-refractivity contribution is -0.130. The Hall–Kier alpha value is -4.24. The van der Waals surface area contributed by atoms with E-state index >= 15 is 0 Å². The van der Waals surface area contributed by atoms with Gasteiger partial charge in [-0.3, -0.25) is 9.78 Å². The van der Waals surface area contributed by atoms with Crippen LogP contribution in [0.2, 0.25) is 0 Å². The molecule has 1 amide bonds. The summed E-state index contributed by atoms with van der Waals surface area (Å²) in [6.07, 6.45) is 7.38. The molecule has 5 rings (SSSR count). The minimum absolute atomic E-state index is 0.00355. The van der Waals surface area contributed by atoms with Gasteiger partial charge in [-0.1, -0.05) is 36.4 Å². The minimum atomic E-state index is -0.00355. The topological polar surface area (TPSA) is 120 Å². The number of nitrogen functional groups attached to an aromatic ring is 1. The van der Waals surface area contributed by atoms with E-state index in [1.807, 2.05) is 73.5 Å². The van der Waals surface area contributed by atoms with Crippen LogP contribution in [0.5, 0.6) is 0 Å². The van der Waals surface area contributed by atoms with Crippen molar-refractivity contribution in [2.75, 3.05) is 25.4 Å². The van der Waals surface area contributed by atoms with Crippen molar-refractivity contribution in [3.05, 3.63) is 78.5 Å². The average molecular weight is 497 g/mol. The number of hydrogen-bond acceptors (Lipinski definition) is 6. The lowest BCUT2D eigenvalue weighted by Crippen LogP contribution is -2.42. The molecule has 4 heterocycles. The fraction of sp³-hybridized carbons (Fsp3) is 0.286. The summed E-state index contributed by atoms with van der Waals surface area (Å²) in [4.78, 5) is 23.6. The standard InChI is InChI=1S/C28H32N8O/c1-19-14-26(30)36-28(33-20(2)35(18-19)23-10-12-34(13-11-23)27(37)15-29)24(17-32-36)22-8-9-25(31-16-22)21-6-4-3-5-7-21/h3-9,14,16-18,23H,10-13,15,29-30H2,1-2H3. The van der Waals surface area contributed by atoms with Crippen LogP contribution < -0.4 is 11.5 Å². The predicted octanol–water partition coefficient (Wildman–Crippen LogP) is 3.71.